The first kappa shape index (κ1) is 15.2. The first-order chi connectivity index (χ1) is 8.45. The highest BCUT2D eigenvalue weighted by Gasteiger charge is 2.19. The molecular formula is C13H18O4S. The highest BCUT2D eigenvalue weighted by Crippen LogP contribution is 2.22. The largest absolute Gasteiger partial charge is 0.392 e. The summed E-state index contributed by atoms with van der Waals surface area (Å²) in [6, 6.07) is 5.13. The minimum atomic E-state index is -1.02. The van der Waals surface area contributed by atoms with Crippen LogP contribution in [0.4, 0.5) is 0 Å². The molecule has 0 spiro atoms. The predicted octanol–water partition coefficient (Wildman–Crippen LogP) is 1.16. The number of aliphatic hydroxyl groups is 3. The summed E-state index contributed by atoms with van der Waals surface area (Å²) in [5.74, 6) is 0.164. The Morgan fingerprint density at radius 3 is 2.56 bits per heavy atom. The lowest BCUT2D eigenvalue weighted by Gasteiger charge is -2.18. The first-order valence-electron chi connectivity index (χ1n) is 5.65. The van der Waals surface area contributed by atoms with Crippen molar-refractivity contribution in [3.63, 3.8) is 0 Å². The van der Waals surface area contributed by atoms with Gasteiger partial charge in [-0.05, 0) is 23.6 Å². The Morgan fingerprint density at radius 1 is 1.39 bits per heavy atom. The molecule has 0 fully saturated rings. The van der Waals surface area contributed by atoms with E-state index in [1.807, 2.05) is 6.92 Å². The highest BCUT2D eigenvalue weighted by atomic mass is 32.2. The molecule has 3 N–H and O–H groups in total. The van der Waals surface area contributed by atoms with Crippen LogP contribution in [0.1, 0.15) is 29.7 Å². The van der Waals surface area contributed by atoms with Gasteiger partial charge < -0.3 is 15.3 Å². The third-order valence-corrected chi connectivity index (χ3v) is 3.62. The van der Waals surface area contributed by atoms with Gasteiger partial charge in [0.15, 0.2) is 5.12 Å². The Kier molecular flexibility index (Phi) is 5.81. The summed E-state index contributed by atoms with van der Waals surface area (Å²) in [6.07, 6.45) is -2.01. The van der Waals surface area contributed by atoms with E-state index in [4.69, 9.17) is 5.11 Å². The van der Waals surface area contributed by atoms with Crippen molar-refractivity contribution < 1.29 is 20.1 Å². The lowest BCUT2D eigenvalue weighted by Crippen LogP contribution is -2.21. The molecule has 0 bridgehead atoms. The Balaban J connectivity index is 2.74. The van der Waals surface area contributed by atoms with Crippen LogP contribution in [0.25, 0.3) is 0 Å². The van der Waals surface area contributed by atoms with Gasteiger partial charge in [0.1, 0.15) is 6.10 Å². The Hall–Kier alpha value is -0.880. The van der Waals surface area contributed by atoms with E-state index in [0.717, 1.165) is 22.9 Å². The molecule has 1 aromatic carbocycles. The average Bonchev–Trinajstić information content (AvgIpc) is 2.34. The van der Waals surface area contributed by atoms with E-state index in [9.17, 15) is 15.0 Å². The average molecular weight is 270 g/mol. The van der Waals surface area contributed by atoms with Crippen LogP contribution in [0, 0.1) is 6.92 Å². The molecule has 0 radical (unpaired) electrons. The van der Waals surface area contributed by atoms with Gasteiger partial charge in [0.25, 0.3) is 0 Å². The normalized spacial score (nSPS) is 14.3. The van der Waals surface area contributed by atoms with Crippen LogP contribution >= 0.6 is 11.8 Å². The molecule has 0 heterocycles. The molecule has 2 unspecified atom stereocenters. The number of thioether (sulfide) groups is 1. The molecule has 4 nitrogen and oxygen atoms in total. The van der Waals surface area contributed by atoms with Crippen molar-refractivity contribution in [2.75, 3.05) is 5.75 Å². The molecule has 0 saturated carbocycles. The summed E-state index contributed by atoms with van der Waals surface area (Å²) in [7, 11) is 0. The van der Waals surface area contributed by atoms with Gasteiger partial charge in [-0.25, -0.2) is 0 Å². The van der Waals surface area contributed by atoms with E-state index in [1.165, 1.54) is 6.92 Å². The lowest BCUT2D eigenvalue weighted by atomic mass is 10.00. The van der Waals surface area contributed by atoms with Crippen LogP contribution in [-0.4, -0.2) is 32.3 Å². The molecule has 1 aromatic rings. The van der Waals surface area contributed by atoms with Crippen molar-refractivity contribution in [3.8, 4) is 0 Å². The fraction of sp³-hybridized carbons (Fsp3) is 0.462. The smallest absolute Gasteiger partial charge is 0.185 e. The van der Waals surface area contributed by atoms with E-state index in [0.29, 0.717) is 5.56 Å². The van der Waals surface area contributed by atoms with Crippen molar-refractivity contribution in [2.24, 2.45) is 0 Å². The molecule has 1 rings (SSSR count). The number of aliphatic hydroxyl groups excluding tert-OH is 3. The maximum Gasteiger partial charge on any atom is 0.185 e. The van der Waals surface area contributed by atoms with E-state index in [2.05, 4.69) is 0 Å². The minimum Gasteiger partial charge on any atom is -0.392 e. The van der Waals surface area contributed by atoms with E-state index in [-0.39, 0.29) is 17.5 Å². The first-order valence-corrected chi connectivity index (χ1v) is 6.64. The second kappa shape index (κ2) is 6.89. The molecule has 100 valence electrons. The monoisotopic (exact) mass is 270 g/mol. The molecule has 0 aromatic heterocycles. The maximum absolute atomic E-state index is 10.8. The van der Waals surface area contributed by atoms with E-state index >= 15 is 0 Å². The minimum absolute atomic E-state index is 0.0506. The highest BCUT2D eigenvalue weighted by molar-refractivity contribution is 8.13. The van der Waals surface area contributed by atoms with Crippen LogP contribution in [0.3, 0.4) is 0 Å². The number of benzene rings is 1. The SMILES string of the molecule is CC(=O)SCC(O)C(O)c1ccc(CO)c(C)c1. The van der Waals surface area contributed by atoms with Crippen molar-refractivity contribution in [1.82, 2.24) is 0 Å². The second-order valence-electron chi connectivity index (χ2n) is 4.16. The lowest BCUT2D eigenvalue weighted by molar-refractivity contribution is -0.109. The predicted molar refractivity (Wildman–Crippen MR) is 71.2 cm³/mol. The number of hydrogen-bond donors (Lipinski definition) is 3. The molecule has 0 aliphatic rings. The number of hydrogen-bond acceptors (Lipinski definition) is 5. The third kappa shape index (κ3) is 4.10. The molecule has 0 aliphatic heterocycles. The van der Waals surface area contributed by atoms with Crippen molar-refractivity contribution in [2.45, 2.75) is 32.7 Å². The summed E-state index contributed by atoms with van der Waals surface area (Å²) in [5, 5.41) is 28.7. The van der Waals surface area contributed by atoms with Gasteiger partial charge >= 0.3 is 0 Å². The van der Waals surface area contributed by atoms with Crippen molar-refractivity contribution in [3.05, 3.63) is 34.9 Å². The number of carbonyl (C=O) groups excluding carboxylic acids is 1. The Labute approximate surface area is 111 Å². The standard InChI is InChI=1S/C13H18O4S/c1-8-5-10(3-4-11(8)6-14)13(17)12(16)7-18-9(2)15/h3-5,12-14,16-17H,6-7H2,1-2H3. The van der Waals surface area contributed by atoms with Crippen LogP contribution in [0.5, 0.6) is 0 Å². The third-order valence-electron chi connectivity index (χ3n) is 2.70. The van der Waals surface area contributed by atoms with Crippen molar-refractivity contribution >= 4 is 16.9 Å². The zero-order chi connectivity index (χ0) is 13.7. The van der Waals surface area contributed by atoms with Gasteiger partial charge in [0, 0.05) is 12.7 Å². The van der Waals surface area contributed by atoms with Gasteiger partial charge in [-0.15, -0.1) is 0 Å². The van der Waals surface area contributed by atoms with E-state index < -0.39 is 12.2 Å². The molecular weight excluding hydrogens is 252 g/mol. The number of aryl methyl sites for hydroxylation is 1. The Bertz CT molecular complexity index is 419. The maximum atomic E-state index is 10.8. The van der Waals surface area contributed by atoms with E-state index in [1.54, 1.807) is 18.2 Å². The molecule has 18 heavy (non-hydrogen) atoms. The van der Waals surface area contributed by atoms with Gasteiger partial charge in [0.05, 0.1) is 12.7 Å². The van der Waals surface area contributed by atoms with Gasteiger partial charge in [-0.3, -0.25) is 4.79 Å². The summed E-state index contributed by atoms with van der Waals surface area (Å²) < 4.78 is 0. The summed E-state index contributed by atoms with van der Waals surface area (Å²) in [4.78, 5) is 10.8. The number of rotatable bonds is 5. The molecule has 2 atom stereocenters. The summed E-state index contributed by atoms with van der Waals surface area (Å²) in [5.41, 5.74) is 2.24. The number of carbonyl (C=O) groups is 1. The zero-order valence-electron chi connectivity index (χ0n) is 10.5. The summed E-state index contributed by atoms with van der Waals surface area (Å²) in [6.45, 7) is 3.20. The molecule has 5 heteroatoms. The van der Waals surface area contributed by atoms with Crippen molar-refractivity contribution in [1.29, 1.82) is 0 Å². The second-order valence-corrected chi connectivity index (χ2v) is 5.36. The van der Waals surface area contributed by atoms with Crippen LogP contribution in [0.15, 0.2) is 18.2 Å². The molecule has 0 saturated heterocycles. The molecule has 0 aliphatic carbocycles. The van der Waals surface area contributed by atoms with Crippen LogP contribution in [0.2, 0.25) is 0 Å². The van der Waals surface area contributed by atoms with Gasteiger partial charge in [0.2, 0.25) is 0 Å². The zero-order valence-corrected chi connectivity index (χ0v) is 11.3. The summed E-state index contributed by atoms with van der Waals surface area (Å²) >= 11 is 0.985. The van der Waals surface area contributed by atoms with Crippen LogP contribution in [-0.2, 0) is 11.4 Å². The fourth-order valence-electron chi connectivity index (χ4n) is 1.60. The topological polar surface area (TPSA) is 77.8 Å². The fourth-order valence-corrected chi connectivity index (χ4v) is 2.18. The van der Waals surface area contributed by atoms with Crippen LogP contribution < -0.4 is 0 Å². The quantitative estimate of drug-likeness (QED) is 0.748. The van der Waals surface area contributed by atoms with Gasteiger partial charge in [-0.1, -0.05) is 30.0 Å². The van der Waals surface area contributed by atoms with Gasteiger partial charge in [-0.2, -0.15) is 0 Å². The Morgan fingerprint density at radius 2 is 2.06 bits per heavy atom. The molecule has 0 amide bonds.